The van der Waals surface area contributed by atoms with E-state index in [1.54, 1.807) is 6.92 Å². The summed E-state index contributed by atoms with van der Waals surface area (Å²) in [6.07, 6.45) is 12.8. The number of fused-ring (bicyclic) bond motifs is 5. The first-order valence-corrected chi connectivity index (χ1v) is 13.7. The first kappa shape index (κ1) is 25.7. The van der Waals surface area contributed by atoms with Crippen LogP contribution in [0.5, 0.6) is 0 Å². The van der Waals surface area contributed by atoms with Gasteiger partial charge in [0.2, 0.25) is 11.4 Å². The van der Waals surface area contributed by atoms with Crippen LogP contribution in [0.3, 0.4) is 0 Å². The predicted molar refractivity (Wildman–Crippen MR) is 135 cm³/mol. The largest absolute Gasteiger partial charge is 0.464 e. The van der Waals surface area contributed by atoms with Gasteiger partial charge in [0, 0.05) is 17.4 Å². The molecule has 4 nitrogen and oxygen atoms in total. The summed E-state index contributed by atoms with van der Waals surface area (Å²) in [7, 11) is 0. The number of hydrogen-bond donors (Lipinski definition) is 1. The molecule has 1 N–H and O–H groups in total. The van der Waals surface area contributed by atoms with Gasteiger partial charge in [0.15, 0.2) is 0 Å². The number of Topliss-reactive ketones (excluding diaryl/α,β-unsaturated/α-hetero) is 1. The third kappa shape index (κ3) is 3.74. The lowest BCUT2D eigenvalue weighted by molar-refractivity contribution is -0.169. The lowest BCUT2D eigenvalue weighted by atomic mass is 9.49. The summed E-state index contributed by atoms with van der Waals surface area (Å²) in [5.74, 6) is 2.82. The van der Waals surface area contributed by atoms with Gasteiger partial charge in [-0.1, -0.05) is 59.8 Å². The number of ether oxygens (including phenoxy) is 1. The average Bonchev–Trinajstić information content (AvgIpc) is 3.23. The molecule has 0 aromatic rings. The van der Waals surface area contributed by atoms with Crippen molar-refractivity contribution in [2.75, 3.05) is 6.61 Å². The van der Waals surface area contributed by atoms with E-state index in [9.17, 15) is 14.7 Å². The van der Waals surface area contributed by atoms with Gasteiger partial charge in [-0.25, -0.2) is 4.79 Å². The zero-order valence-corrected chi connectivity index (χ0v) is 22.4. The number of aliphatic hydroxyl groups is 1. The van der Waals surface area contributed by atoms with Crippen molar-refractivity contribution < 1.29 is 19.4 Å². The van der Waals surface area contributed by atoms with E-state index in [0.29, 0.717) is 52.4 Å². The Labute approximate surface area is 206 Å². The molecular formula is C30H46O4. The SMILES string of the molecule is CCOC(=O)C1(O)CC2(C)C(=CCC3C2CCC2(C)C(C(C)C=CC(C)C(C)C)CCC32)C1=O. The lowest BCUT2D eigenvalue weighted by Gasteiger charge is -2.55. The van der Waals surface area contributed by atoms with Gasteiger partial charge in [0.1, 0.15) is 0 Å². The third-order valence-electron chi connectivity index (χ3n) is 10.8. The van der Waals surface area contributed by atoms with E-state index in [0.717, 1.165) is 19.3 Å². The average molecular weight is 471 g/mol. The van der Waals surface area contributed by atoms with Gasteiger partial charge in [-0.15, -0.1) is 0 Å². The molecule has 0 heterocycles. The molecule has 4 rings (SSSR count). The molecule has 0 spiro atoms. The molecule has 0 saturated heterocycles. The van der Waals surface area contributed by atoms with Crippen LogP contribution in [0.25, 0.3) is 0 Å². The Hall–Kier alpha value is -1.42. The van der Waals surface area contributed by atoms with Crippen molar-refractivity contribution in [1.29, 1.82) is 0 Å². The minimum Gasteiger partial charge on any atom is -0.464 e. The van der Waals surface area contributed by atoms with E-state index >= 15 is 0 Å². The molecule has 0 bridgehead atoms. The zero-order chi connectivity index (χ0) is 25.1. The second-order valence-electron chi connectivity index (χ2n) is 12.8. The highest BCUT2D eigenvalue weighted by Gasteiger charge is 2.67. The fourth-order valence-corrected chi connectivity index (χ4v) is 8.53. The summed E-state index contributed by atoms with van der Waals surface area (Å²) in [5, 5.41) is 11.2. The highest BCUT2D eigenvalue weighted by Crippen LogP contribution is 2.68. The number of hydrogen-bond acceptors (Lipinski definition) is 4. The molecule has 9 atom stereocenters. The molecule has 190 valence electrons. The van der Waals surface area contributed by atoms with Gasteiger partial charge in [-0.2, -0.15) is 0 Å². The molecule has 4 heteroatoms. The molecule has 9 unspecified atom stereocenters. The van der Waals surface area contributed by atoms with Crippen LogP contribution in [-0.2, 0) is 14.3 Å². The van der Waals surface area contributed by atoms with Crippen LogP contribution in [0.1, 0.15) is 87.0 Å². The Morgan fingerprint density at radius 3 is 2.50 bits per heavy atom. The van der Waals surface area contributed by atoms with Gasteiger partial charge in [0.25, 0.3) is 0 Å². The maximum absolute atomic E-state index is 13.2. The molecule has 34 heavy (non-hydrogen) atoms. The predicted octanol–water partition coefficient (Wildman–Crippen LogP) is 6.13. The lowest BCUT2D eigenvalue weighted by Crippen LogP contribution is -2.49. The molecule has 0 amide bonds. The quantitative estimate of drug-likeness (QED) is 0.288. The molecule has 0 aliphatic heterocycles. The highest BCUT2D eigenvalue weighted by molar-refractivity contribution is 6.18. The second kappa shape index (κ2) is 8.91. The molecule has 0 radical (unpaired) electrons. The van der Waals surface area contributed by atoms with E-state index in [2.05, 4.69) is 59.8 Å². The normalized spacial score (nSPS) is 43.3. The standard InChI is InChI=1S/C30H46O4/c1-8-34-27(32)30(33)17-29(7)24-15-16-28(6)22(20(5)10-9-19(4)18(2)3)13-14-23(28)21(24)11-12-25(29)26(30)31/h9-10,12,18-24,33H,8,11,13-17H2,1-7H3. The van der Waals surface area contributed by atoms with Crippen LogP contribution in [0.2, 0.25) is 0 Å². The number of allylic oxidation sites excluding steroid dienone is 3. The number of carbonyl (C=O) groups excluding carboxylic acids is 2. The Balaban J connectivity index is 1.57. The molecule has 0 aromatic carbocycles. The zero-order valence-electron chi connectivity index (χ0n) is 22.4. The van der Waals surface area contributed by atoms with Crippen LogP contribution in [0.4, 0.5) is 0 Å². The van der Waals surface area contributed by atoms with Gasteiger partial charge in [0.05, 0.1) is 6.61 Å². The van der Waals surface area contributed by atoms with Crippen LogP contribution in [-0.4, -0.2) is 29.1 Å². The van der Waals surface area contributed by atoms with Gasteiger partial charge in [-0.05, 0) is 85.9 Å². The van der Waals surface area contributed by atoms with E-state index in [4.69, 9.17) is 4.74 Å². The second-order valence-corrected chi connectivity index (χ2v) is 12.8. The van der Waals surface area contributed by atoms with Crippen molar-refractivity contribution in [3.05, 3.63) is 23.8 Å². The molecule has 4 aliphatic carbocycles. The molecule has 3 fully saturated rings. The van der Waals surface area contributed by atoms with Crippen LogP contribution in [0, 0.1) is 52.3 Å². The summed E-state index contributed by atoms with van der Waals surface area (Å²) in [6, 6.07) is 0. The van der Waals surface area contributed by atoms with E-state index in [-0.39, 0.29) is 13.0 Å². The summed E-state index contributed by atoms with van der Waals surface area (Å²) in [6.45, 7) is 15.8. The van der Waals surface area contributed by atoms with Crippen molar-refractivity contribution in [2.24, 2.45) is 52.3 Å². The summed E-state index contributed by atoms with van der Waals surface area (Å²) in [5.41, 5.74) is -1.47. The van der Waals surface area contributed by atoms with Crippen molar-refractivity contribution in [3.8, 4) is 0 Å². The number of carbonyl (C=O) groups is 2. The molecule has 3 saturated carbocycles. The molecule has 0 aromatic heterocycles. The number of esters is 1. The highest BCUT2D eigenvalue weighted by atomic mass is 16.5. The van der Waals surface area contributed by atoms with Crippen molar-refractivity contribution in [1.82, 2.24) is 0 Å². The van der Waals surface area contributed by atoms with Crippen LogP contribution < -0.4 is 0 Å². The fourth-order valence-electron chi connectivity index (χ4n) is 8.53. The van der Waals surface area contributed by atoms with Gasteiger partial charge in [-0.3, -0.25) is 4.79 Å². The molecular weight excluding hydrogens is 424 g/mol. The number of rotatable bonds is 6. The first-order chi connectivity index (χ1) is 15.9. The van der Waals surface area contributed by atoms with Crippen molar-refractivity contribution in [2.45, 2.75) is 92.6 Å². The summed E-state index contributed by atoms with van der Waals surface area (Å²) >= 11 is 0. The number of ketones is 1. The van der Waals surface area contributed by atoms with E-state index < -0.39 is 22.8 Å². The van der Waals surface area contributed by atoms with Gasteiger partial charge < -0.3 is 9.84 Å². The first-order valence-electron chi connectivity index (χ1n) is 13.7. The molecule has 4 aliphatic rings. The topological polar surface area (TPSA) is 63.6 Å². The van der Waals surface area contributed by atoms with Crippen molar-refractivity contribution in [3.63, 3.8) is 0 Å². The maximum atomic E-state index is 13.2. The Morgan fingerprint density at radius 2 is 1.85 bits per heavy atom. The Bertz CT molecular complexity index is 886. The smallest absolute Gasteiger partial charge is 0.346 e. The Morgan fingerprint density at radius 1 is 1.15 bits per heavy atom. The monoisotopic (exact) mass is 470 g/mol. The van der Waals surface area contributed by atoms with E-state index in [1.807, 2.05) is 0 Å². The van der Waals surface area contributed by atoms with Crippen LogP contribution >= 0.6 is 0 Å². The summed E-state index contributed by atoms with van der Waals surface area (Å²) < 4.78 is 5.12. The maximum Gasteiger partial charge on any atom is 0.346 e. The van der Waals surface area contributed by atoms with Crippen LogP contribution in [0.15, 0.2) is 23.8 Å². The van der Waals surface area contributed by atoms with E-state index in [1.165, 1.54) is 12.8 Å². The summed E-state index contributed by atoms with van der Waals surface area (Å²) in [4.78, 5) is 25.8. The minimum atomic E-state index is -2.02. The third-order valence-corrected chi connectivity index (χ3v) is 10.8. The van der Waals surface area contributed by atoms with Crippen molar-refractivity contribution >= 4 is 11.8 Å². The minimum absolute atomic E-state index is 0.167. The van der Waals surface area contributed by atoms with Gasteiger partial charge >= 0.3 is 5.97 Å². The fraction of sp³-hybridized carbons (Fsp3) is 0.800. The Kier molecular flexibility index (Phi) is 6.72.